The van der Waals surface area contributed by atoms with Crippen LogP contribution >= 0.6 is 11.3 Å². The van der Waals surface area contributed by atoms with Gasteiger partial charge < -0.3 is 9.64 Å². The molecule has 1 amide bonds. The molecule has 0 saturated carbocycles. The van der Waals surface area contributed by atoms with Gasteiger partial charge in [-0.3, -0.25) is 14.4 Å². The van der Waals surface area contributed by atoms with Crippen LogP contribution in [0.2, 0.25) is 0 Å². The largest absolute Gasteiger partial charge is 0.497 e. The topological polar surface area (TPSA) is 50.6 Å². The lowest BCUT2D eigenvalue weighted by Gasteiger charge is -2.34. The van der Waals surface area contributed by atoms with E-state index < -0.39 is 0 Å². The van der Waals surface area contributed by atoms with E-state index in [1.807, 2.05) is 59.4 Å². The molecule has 1 aliphatic rings. The molecule has 0 unspecified atom stereocenters. The number of rotatable bonds is 5. The molecule has 6 nitrogen and oxygen atoms in total. The highest BCUT2D eigenvalue weighted by molar-refractivity contribution is 7.14. The van der Waals surface area contributed by atoms with Crippen LogP contribution < -0.4 is 4.74 Å². The first-order chi connectivity index (χ1) is 14.0. The van der Waals surface area contributed by atoms with Crippen molar-refractivity contribution in [3.05, 3.63) is 58.0 Å². The lowest BCUT2D eigenvalue weighted by Crippen LogP contribution is -2.48. The summed E-state index contributed by atoms with van der Waals surface area (Å²) in [6, 6.07) is 10.0. The number of carbonyl (C=O) groups is 1. The molecule has 29 heavy (non-hydrogen) atoms. The van der Waals surface area contributed by atoms with Crippen LogP contribution in [0.15, 0.2) is 42.7 Å². The van der Waals surface area contributed by atoms with Crippen LogP contribution in [0.25, 0.3) is 11.1 Å². The third kappa shape index (κ3) is 4.36. The number of nitrogens with zero attached hydrogens (tertiary/aromatic N) is 4. The molecule has 1 fully saturated rings. The zero-order valence-electron chi connectivity index (χ0n) is 17.1. The van der Waals surface area contributed by atoms with Gasteiger partial charge in [-0.1, -0.05) is 12.1 Å². The van der Waals surface area contributed by atoms with Gasteiger partial charge in [0.05, 0.1) is 18.2 Å². The summed E-state index contributed by atoms with van der Waals surface area (Å²) in [5, 5.41) is 4.23. The van der Waals surface area contributed by atoms with E-state index in [1.165, 1.54) is 5.56 Å². The number of amides is 1. The maximum atomic E-state index is 13.0. The Kier molecular flexibility index (Phi) is 5.69. The summed E-state index contributed by atoms with van der Waals surface area (Å²) in [6.07, 6.45) is 3.96. The number of carbonyl (C=O) groups excluding carboxylic acids is 1. The van der Waals surface area contributed by atoms with Crippen LogP contribution in [-0.2, 0) is 13.6 Å². The fourth-order valence-electron chi connectivity index (χ4n) is 3.72. The van der Waals surface area contributed by atoms with Crippen LogP contribution in [0.1, 0.15) is 20.1 Å². The van der Waals surface area contributed by atoms with Gasteiger partial charge in [-0.15, -0.1) is 11.3 Å². The van der Waals surface area contributed by atoms with Crippen molar-refractivity contribution in [1.29, 1.82) is 0 Å². The highest BCUT2D eigenvalue weighted by Crippen LogP contribution is 2.32. The standard InChI is InChI=1S/C22H26N4O2S/c1-16-20(18-4-6-19(28-3)7-5-18)12-21(29-16)22(27)26-10-8-25(9-11-26)15-17-13-23-24(2)14-17/h4-7,12-14H,8-11,15H2,1-3H3. The fourth-order valence-corrected chi connectivity index (χ4v) is 4.73. The van der Waals surface area contributed by atoms with E-state index in [4.69, 9.17) is 4.74 Å². The molecule has 1 saturated heterocycles. The average Bonchev–Trinajstić information content (AvgIpc) is 3.33. The van der Waals surface area contributed by atoms with Crippen molar-refractivity contribution < 1.29 is 9.53 Å². The summed E-state index contributed by atoms with van der Waals surface area (Å²) in [5.41, 5.74) is 3.45. The zero-order chi connectivity index (χ0) is 20.4. The van der Waals surface area contributed by atoms with Gasteiger partial charge in [0.2, 0.25) is 0 Å². The van der Waals surface area contributed by atoms with Crippen molar-refractivity contribution in [2.75, 3.05) is 33.3 Å². The van der Waals surface area contributed by atoms with Crippen LogP contribution in [0, 0.1) is 6.92 Å². The molecule has 0 N–H and O–H groups in total. The van der Waals surface area contributed by atoms with Crippen molar-refractivity contribution in [2.24, 2.45) is 7.05 Å². The Morgan fingerprint density at radius 1 is 1.17 bits per heavy atom. The van der Waals surface area contributed by atoms with Gasteiger partial charge in [-0.25, -0.2) is 0 Å². The van der Waals surface area contributed by atoms with E-state index >= 15 is 0 Å². The van der Waals surface area contributed by atoms with Gasteiger partial charge in [0.15, 0.2) is 0 Å². The second-order valence-electron chi connectivity index (χ2n) is 7.40. The Morgan fingerprint density at radius 3 is 2.52 bits per heavy atom. The number of piperazine rings is 1. The number of hydrogen-bond acceptors (Lipinski definition) is 5. The first-order valence-corrected chi connectivity index (χ1v) is 10.6. The molecule has 3 heterocycles. The molecule has 0 spiro atoms. The van der Waals surface area contributed by atoms with E-state index in [-0.39, 0.29) is 5.91 Å². The first kappa shape index (κ1) is 19.7. The summed E-state index contributed by atoms with van der Waals surface area (Å²) < 4.78 is 7.07. The summed E-state index contributed by atoms with van der Waals surface area (Å²) in [6.45, 7) is 6.25. The molecule has 1 aliphatic heterocycles. The highest BCUT2D eigenvalue weighted by atomic mass is 32.1. The summed E-state index contributed by atoms with van der Waals surface area (Å²) in [4.78, 5) is 19.4. The van der Waals surface area contributed by atoms with E-state index in [0.717, 1.165) is 59.4 Å². The van der Waals surface area contributed by atoms with Crippen molar-refractivity contribution in [3.8, 4) is 16.9 Å². The lowest BCUT2D eigenvalue weighted by molar-refractivity contribution is 0.0633. The molecular formula is C22H26N4O2S. The van der Waals surface area contributed by atoms with Gasteiger partial charge in [-0.2, -0.15) is 5.10 Å². The van der Waals surface area contributed by atoms with E-state index in [2.05, 4.69) is 16.9 Å². The fraction of sp³-hybridized carbons (Fsp3) is 0.364. The molecule has 0 radical (unpaired) electrons. The number of aryl methyl sites for hydroxylation is 2. The first-order valence-electron chi connectivity index (χ1n) is 9.77. The van der Waals surface area contributed by atoms with Gasteiger partial charge in [0.25, 0.3) is 5.91 Å². The van der Waals surface area contributed by atoms with Crippen molar-refractivity contribution in [1.82, 2.24) is 19.6 Å². The van der Waals surface area contributed by atoms with Gasteiger partial charge in [0.1, 0.15) is 5.75 Å². The van der Waals surface area contributed by atoms with Crippen molar-refractivity contribution >= 4 is 17.2 Å². The van der Waals surface area contributed by atoms with Crippen LogP contribution in [0.3, 0.4) is 0 Å². The lowest BCUT2D eigenvalue weighted by atomic mass is 10.1. The zero-order valence-corrected chi connectivity index (χ0v) is 17.9. The Morgan fingerprint density at radius 2 is 1.90 bits per heavy atom. The van der Waals surface area contributed by atoms with Crippen LogP contribution in [0.5, 0.6) is 5.75 Å². The summed E-state index contributed by atoms with van der Waals surface area (Å²) in [7, 11) is 3.60. The van der Waals surface area contributed by atoms with E-state index in [1.54, 1.807) is 18.4 Å². The third-order valence-corrected chi connectivity index (χ3v) is 6.39. The molecule has 1 aromatic carbocycles. The maximum Gasteiger partial charge on any atom is 0.264 e. The van der Waals surface area contributed by atoms with E-state index in [9.17, 15) is 4.79 Å². The number of benzene rings is 1. The Labute approximate surface area is 175 Å². The molecule has 152 valence electrons. The number of ether oxygens (including phenoxy) is 1. The predicted octanol–water partition coefficient (Wildman–Crippen LogP) is 3.42. The van der Waals surface area contributed by atoms with Gasteiger partial charge in [0, 0.05) is 56.4 Å². The number of aromatic nitrogens is 2. The number of methoxy groups -OCH3 is 1. The van der Waals surface area contributed by atoms with Gasteiger partial charge in [-0.05, 0) is 36.2 Å². The highest BCUT2D eigenvalue weighted by Gasteiger charge is 2.24. The van der Waals surface area contributed by atoms with Crippen molar-refractivity contribution in [3.63, 3.8) is 0 Å². The second kappa shape index (κ2) is 8.39. The predicted molar refractivity (Wildman–Crippen MR) is 115 cm³/mol. The number of hydrogen-bond donors (Lipinski definition) is 0. The summed E-state index contributed by atoms with van der Waals surface area (Å²) in [5.74, 6) is 0.973. The molecular weight excluding hydrogens is 384 g/mol. The molecule has 3 aromatic rings. The van der Waals surface area contributed by atoms with Crippen LogP contribution in [0.4, 0.5) is 0 Å². The van der Waals surface area contributed by atoms with E-state index in [0.29, 0.717) is 0 Å². The molecule has 4 rings (SSSR count). The average molecular weight is 411 g/mol. The van der Waals surface area contributed by atoms with Crippen molar-refractivity contribution in [2.45, 2.75) is 13.5 Å². The summed E-state index contributed by atoms with van der Waals surface area (Å²) >= 11 is 1.58. The monoisotopic (exact) mass is 410 g/mol. The molecule has 0 aliphatic carbocycles. The third-order valence-electron chi connectivity index (χ3n) is 5.35. The Balaban J connectivity index is 1.40. The molecule has 2 aromatic heterocycles. The molecule has 7 heteroatoms. The molecule has 0 atom stereocenters. The van der Waals surface area contributed by atoms with Gasteiger partial charge >= 0.3 is 0 Å². The Bertz CT molecular complexity index is 985. The smallest absolute Gasteiger partial charge is 0.264 e. The number of thiophene rings is 1. The Hall–Kier alpha value is -2.64. The molecule has 0 bridgehead atoms. The normalized spacial score (nSPS) is 14.9. The quantitative estimate of drug-likeness (QED) is 0.647. The maximum absolute atomic E-state index is 13.0. The second-order valence-corrected chi connectivity index (χ2v) is 8.66. The minimum Gasteiger partial charge on any atom is -0.497 e. The minimum absolute atomic E-state index is 0.138. The minimum atomic E-state index is 0.138. The van der Waals surface area contributed by atoms with Crippen LogP contribution in [-0.4, -0.2) is 58.8 Å². The SMILES string of the molecule is COc1ccc(-c2cc(C(=O)N3CCN(Cc4cnn(C)c4)CC3)sc2C)cc1.